The van der Waals surface area contributed by atoms with E-state index < -0.39 is 0 Å². The van der Waals surface area contributed by atoms with E-state index in [0.717, 1.165) is 11.3 Å². The average Bonchev–Trinajstić information content (AvgIpc) is 3.16. The molecule has 2 heterocycles. The number of benzene rings is 2. The molecule has 0 spiro atoms. The molecule has 0 atom stereocenters. The van der Waals surface area contributed by atoms with Crippen molar-refractivity contribution in [2.24, 2.45) is 0 Å². The fourth-order valence-electron chi connectivity index (χ4n) is 2.47. The summed E-state index contributed by atoms with van der Waals surface area (Å²) in [5.41, 5.74) is 3.11. The van der Waals surface area contributed by atoms with Crippen LogP contribution in [-0.4, -0.2) is 32.3 Å². The van der Waals surface area contributed by atoms with E-state index in [9.17, 15) is 4.79 Å². The number of fused-ring (bicyclic) bond motifs is 1. The molecular weight excluding hydrogens is 330 g/mol. The summed E-state index contributed by atoms with van der Waals surface area (Å²) >= 11 is 0. The van der Waals surface area contributed by atoms with Gasteiger partial charge in [0.1, 0.15) is 12.1 Å². The molecule has 0 fully saturated rings. The molecular formula is C19H15N5O2. The minimum atomic E-state index is -0.217. The van der Waals surface area contributed by atoms with Gasteiger partial charge < -0.3 is 10.1 Å². The van der Waals surface area contributed by atoms with Crippen molar-refractivity contribution in [2.75, 3.05) is 11.9 Å². The Morgan fingerprint density at radius 3 is 2.62 bits per heavy atom. The molecule has 0 saturated carbocycles. The van der Waals surface area contributed by atoms with Gasteiger partial charge in [0.25, 0.3) is 5.91 Å². The van der Waals surface area contributed by atoms with E-state index in [0.29, 0.717) is 17.1 Å². The maximum absolute atomic E-state index is 12.0. The SMILES string of the molecule is O=C(COc1ccccc1)Nc1ccc(-c2ccc3nncn3n2)cc1. The van der Waals surface area contributed by atoms with Crippen molar-refractivity contribution < 1.29 is 9.53 Å². The number of carbonyl (C=O) groups excluding carboxylic acids is 1. The number of anilines is 1. The van der Waals surface area contributed by atoms with Crippen LogP contribution in [0.5, 0.6) is 5.75 Å². The van der Waals surface area contributed by atoms with Gasteiger partial charge >= 0.3 is 0 Å². The second kappa shape index (κ2) is 7.02. The van der Waals surface area contributed by atoms with Crippen LogP contribution in [0.2, 0.25) is 0 Å². The molecule has 7 nitrogen and oxygen atoms in total. The summed E-state index contributed by atoms with van der Waals surface area (Å²) in [7, 11) is 0. The Hall–Kier alpha value is -3.74. The van der Waals surface area contributed by atoms with Crippen molar-refractivity contribution in [1.82, 2.24) is 19.8 Å². The molecule has 4 rings (SSSR count). The quantitative estimate of drug-likeness (QED) is 0.601. The predicted octanol–water partition coefficient (Wildman–Crippen LogP) is 2.81. The van der Waals surface area contributed by atoms with E-state index >= 15 is 0 Å². The number of hydrogen-bond donors (Lipinski definition) is 1. The van der Waals surface area contributed by atoms with Gasteiger partial charge in [-0.3, -0.25) is 4.79 Å². The van der Waals surface area contributed by atoms with Crippen LogP contribution in [0.1, 0.15) is 0 Å². The van der Waals surface area contributed by atoms with Gasteiger partial charge in [-0.25, -0.2) is 0 Å². The summed E-state index contributed by atoms with van der Waals surface area (Å²) < 4.78 is 7.05. The van der Waals surface area contributed by atoms with Gasteiger partial charge in [-0.05, 0) is 36.4 Å². The Labute approximate surface area is 149 Å². The smallest absolute Gasteiger partial charge is 0.262 e. The van der Waals surface area contributed by atoms with Crippen LogP contribution in [0.4, 0.5) is 5.69 Å². The molecule has 0 radical (unpaired) electrons. The number of aromatic nitrogens is 4. The first-order chi connectivity index (χ1) is 12.8. The molecule has 26 heavy (non-hydrogen) atoms. The van der Waals surface area contributed by atoms with Crippen molar-refractivity contribution in [3.63, 3.8) is 0 Å². The number of nitrogens with one attached hydrogen (secondary N) is 1. The zero-order chi connectivity index (χ0) is 17.8. The molecule has 0 aliphatic heterocycles. The Morgan fingerprint density at radius 2 is 1.81 bits per heavy atom. The summed E-state index contributed by atoms with van der Waals surface area (Å²) in [6, 6.07) is 20.4. The molecule has 0 saturated heterocycles. The molecule has 1 amide bonds. The van der Waals surface area contributed by atoms with Gasteiger partial charge in [-0.1, -0.05) is 30.3 Å². The summed E-state index contributed by atoms with van der Waals surface area (Å²) in [4.78, 5) is 12.0. The normalized spacial score (nSPS) is 10.6. The van der Waals surface area contributed by atoms with Crippen LogP contribution in [0.3, 0.4) is 0 Å². The number of hydrogen-bond acceptors (Lipinski definition) is 5. The zero-order valence-electron chi connectivity index (χ0n) is 13.7. The van der Waals surface area contributed by atoms with Crippen LogP contribution in [0.15, 0.2) is 73.1 Å². The molecule has 2 aromatic carbocycles. The summed E-state index contributed by atoms with van der Waals surface area (Å²) in [6.45, 7) is -0.0440. The molecule has 0 unspecified atom stereocenters. The lowest BCUT2D eigenvalue weighted by atomic mass is 10.1. The van der Waals surface area contributed by atoms with Gasteiger partial charge in [0.2, 0.25) is 0 Å². The molecule has 1 N–H and O–H groups in total. The van der Waals surface area contributed by atoms with E-state index in [-0.39, 0.29) is 12.5 Å². The molecule has 7 heteroatoms. The zero-order valence-corrected chi connectivity index (χ0v) is 13.7. The fraction of sp³-hybridized carbons (Fsp3) is 0.0526. The molecule has 0 bridgehead atoms. The highest BCUT2D eigenvalue weighted by Crippen LogP contribution is 2.19. The van der Waals surface area contributed by atoms with Crippen molar-refractivity contribution in [3.8, 4) is 17.0 Å². The molecule has 2 aromatic heterocycles. The van der Waals surface area contributed by atoms with Crippen molar-refractivity contribution in [1.29, 1.82) is 0 Å². The summed E-state index contributed by atoms with van der Waals surface area (Å²) in [5.74, 6) is 0.444. The number of carbonyl (C=O) groups is 1. The number of ether oxygens (including phenoxy) is 1. The largest absolute Gasteiger partial charge is 0.484 e. The number of rotatable bonds is 5. The average molecular weight is 345 g/mol. The standard InChI is InChI=1S/C19H15N5O2/c25-19(12-26-16-4-2-1-3-5-16)21-15-8-6-14(7-9-15)17-10-11-18-22-20-13-24(18)23-17/h1-11,13H,12H2,(H,21,25). The van der Waals surface area contributed by atoms with Crippen molar-refractivity contribution in [2.45, 2.75) is 0 Å². The Morgan fingerprint density at radius 1 is 1.00 bits per heavy atom. The van der Waals surface area contributed by atoms with Gasteiger partial charge in [-0.15, -0.1) is 10.2 Å². The molecule has 0 aliphatic carbocycles. The van der Waals surface area contributed by atoms with Gasteiger partial charge in [0.05, 0.1) is 5.69 Å². The highest BCUT2D eigenvalue weighted by Gasteiger charge is 2.06. The highest BCUT2D eigenvalue weighted by molar-refractivity contribution is 5.92. The second-order valence-electron chi connectivity index (χ2n) is 5.58. The van der Waals surface area contributed by atoms with E-state index in [1.165, 1.54) is 0 Å². The van der Waals surface area contributed by atoms with E-state index in [2.05, 4.69) is 20.6 Å². The topological polar surface area (TPSA) is 81.4 Å². The lowest BCUT2D eigenvalue weighted by Gasteiger charge is -2.08. The first-order valence-corrected chi connectivity index (χ1v) is 8.03. The minimum absolute atomic E-state index is 0.0440. The third kappa shape index (κ3) is 3.51. The summed E-state index contributed by atoms with van der Waals surface area (Å²) in [5, 5.41) is 15.0. The molecule has 0 aliphatic rings. The Kier molecular flexibility index (Phi) is 4.26. The van der Waals surface area contributed by atoms with E-state index in [1.807, 2.05) is 66.7 Å². The molecule has 4 aromatic rings. The lowest BCUT2D eigenvalue weighted by molar-refractivity contribution is -0.118. The van der Waals surface area contributed by atoms with Crippen molar-refractivity contribution >= 4 is 17.2 Å². The minimum Gasteiger partial charge on any atom is -0.484 e. The van der Waals surface area contributed by atoms with E-state index in [1.54, 1.807) is 10.8 Å². The molecule has 128 valence electrons. The third-order valence-electron chi connectivity index (χ3n) is 3.74. The van der Waals surface area contributed by atoms with E-state index in [4.69, 9.17) is 4.74 Å². The monoisotopic (exact) mass is 345 g/mol. The van der Waals surface area contributed by atoms with Crippen LogP contribution in [0.25, 0.3) is 16.9 Å². The number of amides is 1. The number of para-hydroxylation sites is 1. The van der Waals surface area contributed by atoms with Crippen LogP contribution in [-0.2, 0) is 4.79 Å². The van der Waals surface area contributed by atoms with Gasteiger partial charge in [0.15, 0.2) is 12.3 Å². The van der Waals surface area contributed by atoms with Gasteiger partial charge in [0, 0.05) is 11.3 Å². The lowest BCUT2D eigenvalue weighted by Crippen LogP contribution is -2.20. The third-order valence-corrected chi connectivity index (χ3v) is 3.74. The highest BCUT2D eigenvalue weighted by atomic mass is 16.5. The van der Waals surface area contributed by atoms with Crippen LogP contribution < -0.4 is 10.1 Å². The Bertz CT molecular complexity index is 1030. The van der Waals surface area contributed by atoms with Gasteiger partial charge in [-0.2, -0.15) is 9.61 Å². The number of nitrogens with zero attached hydrogens (tertiary/aromatic N) is 4. The maximum Gasteiger partial charge on any atom is 0.262 e. The first-order valence-electron chi connectivity index (χ1n) is 8.03. The maximum atomic E-state index is 12.0. The van der Waals surface area contributed by atoms with Crippen LogP contribution in [0, 0.1) is 0 Å². The van der Waals surface area contributed by atoms with Crippen molar-refractivity contribution in [3.05, 3.63) is 73.1 Å². The predicted molar refractivity (Wildman–Crippen MR) is 96.8 cm³/mol. The second-order valence-corrected chi connectivity index (χ2v) is 5.58. The Balaban J connectivity index is 1.40. The van der Waals surface area contributed by atoms with Crippen LogP contribution >= 0.6 is 0 Å². The summed E-state index contributed by atoms with van der Waals surface area (Å²) in [6.07, 6.45) is 1.56. The first kappa shape index (κ1) is 15.8. The fourth-order valence-corrected chi connectivity index (χ4v) is 2.47.